The van der Waals surface area contributed by atoms with Crippen LogP contribution in [0.3, 0.4) is 0 Å². The Labute approximate surface area is 126 Å². The van der Waals surface area contributed by atoms with E-state index in [9.17, 15) is 9.59 Å². The lowest BCUT2D eigenvalue weighted by atomic mass is 10.1. The third kappa shape index (κ3) is 3.84. The zero-order valence-corrected chi connectivity index (χ0v) is 12.1. The van der Waals surface area contributed by atoms with Crippen molar-refractivity contribution in [2.45, 2.75) is 6.92 Å². The number of hydrogen-bond donors (Lipinski definition) is 1. The number of hydrogen-bond acceptors (Lipinski definition) is 6. The molecule has 0 aliphatic carbocycles. The Balaban J connectivity index is 2.40. The van der Waals surface area contributed by atoms with Crippen molar-refractivity contribution in [2.24, 2.45) is 5.14 Å². The predicted molar refractivity (Wildman–Crippen MR) is 80.2 cm³/mol. The number of ether oxygens (including phenoxy) is 1. The van der Waals surface area contributed by atoms with E-state index in [-0.39, 0.29) is 17.1 Å². The summed E-state index contributed by atoms with van der Waals surface area (Å²) < 4.78 is 10.4. The zero-order valence-electron chi connectivity index (χ0n) is 11.2. The predicted octanol–water partition coefficient (Wildman–Crippen LogP) is 3.36. The second-order valence-electron chi connectivity index (χ2n) is 4.15. The van der Waals surface area contributed by atoms with Gasteiger partial charge in [0.05, 0.1) is 0 Å². The number of nitrogens with two attached hydrogens (primary N) is 1. The van der Waals surface area contributed by atoms with Crippen molar-refractivity contribution in [2.75, 3.05) is 0 Å². The van der Waals surface area contributed by atoms with Gasteiger partial charge >= 0.3 is 5.97 Å². The van der Waals surface area contributed by atoms with Crippen LogP contribution in [0.1, 0.15) is 27.6 Å². The number of ketones is 1. The first-order chi connectivity index (χ1) is 10.1. The summed E-state index contributed by atoms with van der Waals surface area (Å²) >= 11 is 0.458. The summed E-state index contributed by atoms with van der Waals surface area (Å²) in [5.74, 6) is 0.0326. The molecule has 5 nitrogen and oxygen atoms in total. The Morgan fingerprint density at radius 3 is 2.43 bits per heavy atom. The van der Waals surface area contributed by atoms with E-state index in [4.69, 9.17) is 14.1 Å². The number of benzene rings is 2. The van der Waals surface area contributed by atoms with Gasteiger partial charge in [0.15, 0.2) is 5.78 Å². The highest BCUT2D eigenvalue weighted by atomic mass is 32.2. The van der Waals surface area contributed by atoms with E-state index in [0.29, 0.717) is 23.5 Å². The molecule has 2 aromatic carbocycles. The fourth-order valence-corrected chi connectivity index (χ4v) is 1.88. The maximum absolute atomic E-state index is 11.8. The smallest absolute Gasteiger partial charge is 0.355 e. The Morgan fingerprint density at radius 2 is 1.81 bits per heavy atom. The monoisotopic (exact) mass is 303 g/mol. The molecule has 0 atom stereocenters. The lowest BCUT2D eigenvalue weighted by molar-refractivity contribution is 0.0765. The Morgan fingerprint density at radius 1 is 1.10 bits per heavy atom. The number of carbonyl (C=O) groups is 2. The van der Waals surface area contributed by atoms with Gasteiger partial charge in [0, 0.05) is 5.56 Å². The van der Waals surface area contributed by atoms with Crippen molar-refractivity contribution in [1.29, 1.82) is 0 Å². The van der Waals surface area contributed by atoms with Gasteiger partial charge in [-0.25, -0.2) is 9.93 Å². The molecule has 0 aromatic heterocycles. The SMILES string of the molecule is CC(=O)c1ccc(C(=O)OSN)c(Oc2ccccc2)c1. The molecule has 2 N–H and O–H groups in total. The molecule has 108 valence electrons. The minimum absolute atomic E-state index is 0.124. The Bertz CT molecular complexity index is 658. The standard InChI is InChI=1S/C15H13NO4S/c1-10(17)11-7-8-13(15(18)20-21-16)14(9-11)19-12-5-3-2-4-6-12/h2-9H,16H2,1H3. The van der Waals surface area contributed by atoms with Crippen LogP contribution >= 0.6 is 12.2 Å². The van der Waals surface area contributed by atoms with Crippen LogP contribution in [0, 0.1) is 0 Å². The first kappa shape index (κ1) is 15.1. The summed E-state index contributed by atoms with van der Waals surface area (Å²) in [4.78, 5) is 23.3. The van der Waals surface area contributed by atoms with E-state index in [1.165, 1.54) is 25.1 Å². The fourth-order valence-electron chi connectivity index (χ4n) is 1.70. The lowest BCUT2D eigenvalue weighted by Gasteiger charge is -2.11. The van der Waals surface area contributed by atoms with Gasteiger partial charge in [-0.1, -0.05) is 24.3 Å². The normalized spacial score (nSPS) is 10.0. The Hall–Kier alpha value is -2.31. The van der Waals surface area contributed by atoms with Crippen LogP contribution < -0.4 is 9.88 Å². The molecule has 2 rings (SSSR count). The van der Waals surface area contributed by atoms with Gasteiger partial charge < -0.3 is 8.92 Å². The molecule has 0 amide bonds. The second-order valence-corrected chi connectivity index (χ2v) is 4.51. The molecule has 2 aromatic rings. The average Bonchev–Trinajstić information content (AvgIpc) is 2.48. The van der Waals surface area contributed by atoms with Crippen molar-refractivity contribution in [3.8, 4) is 11.5 Å². The van der Waals surface area contributed by atoms with Gasteiger partial charge in [-0.3, -0.25) is 4.79 Å². The third-order valence-electron chi connectivity index (χ3n) is 2.70. The molecule has 0 saturated heterocycles. The molecular formula is C15H13NO4S. The largest absolute Gasteiger partial charge is 0.456 e. The van der Waals surface area contributed by atoms with E-state index >= 15 is 0 Å². The topological polar surface area (TPSA) is 78.6 Å². The minimum Gasteiger partial charge on any atom is -0.456 e. The third-order valence-corrected chi connectivity index (χ3v) is 2.95. The quantitative estimate of drug-likeness (QED) is 0.518. The first-order valence-corrected chi connectivity index (χ1v) is 6.88. The van der Waals surface area contributed by atoms with Gasteiger partial charge in [0.1, 0.15) is 29.3 Å². The van der Waals surface area contributed by atoms with Crippen LogP contribution in [0.25, 0.3) is 0 Å². The molecule has 0 radical (unpaired) electrons. The van der Waals surface area contributed by atoms with Crippen LogP contribution in [0.2, 0.25) is 0 Å². The highest BCUT2D eigenvalue weighted by molar-refractivity contribution is 7.92. The van der Waals surface area contributed by atoms with Crippen molar-refractivity contribution < 1.29 is 18.5 Å². The highest BCUT2D eigenvalue weighted by Gasteiger charge is 2.17. The molecule has 0 saturated carbocycles. The minimum atomic E-state index is -0.636. The summed E-state index contributed by atoms with van der Waals surface area (Å²) in [6, 6.07) is 13.5. The van der Waals surface area contributed by atoms with Gasteiger partial charge in [0.2, 0.25) is 0 Å². The van der Waals surface area contributed by atoms with Gasteiger partial charge in [-0.05, 0) is 31.2 Å². The van der Waals surface area contributed by atoms with Crippen LogP contribution in [-0.2, 0) is 4.18 Å². The van der Waals surface area contributed by atoms with Crippen LogP contribution in [0.15, 0.2) is 48.5 Å². The maximum atomic E-state index is 11.8. The van der Waals surface area contributed by atoms with E-state index in [2.05, 4.69) is 0 Å². The molecule has 0 aliphatic rings. The molecule has 0 fully saturated rings. The molecule has 0 heterocycles. The summed E-state index contributed by atoms with van der Waals surface area (Å²) in [6.45, 7) is 1.44. The number of rotatable bonds is 5. The fraction of sp³-hybridized carbons (Fsp3) is 0.0667. The number of para-hydroxylation sites is 1. The molecule has 0 spiro atoms. The molecule has 0 aliphatic heterocycles. The highest BCUT2D eigenvalue weighted by Crippen LogP contribution is 2.28. The maximum Gasteiger partial charge on any atom is 0.355 e. The molecule has 0 bridgehead atoms. The van der Waals surface area contributed by atoms with E-state index in [1.807, 2.05) is 6.07 Å². The summed E-state index contributed by atoms with van der Waals surface area (Å²) in [6.07, 6.45) is 0. The molecule has 21 heavy (non-hydrogen) atoms. The zero-order chi connectivity index (χ0) is 15.2. The number of Topliss-reactive ketones (excluding diaryl/α,β-unsaturated/α-hetero) is 1. The van der Waals surface area contributed by atoms with Crippen LogP contribution in [0.5, 0.6) is 11.5 Å². The van der Waals surface area contributed by atoms with Crippen LogP contribution in [0.4, 0.5) is 0 Å². The lowest BCUT2D eigenvalue weighted by Crippen LogP contribution is -2.05. The summed E-state index contributed by atoms with van der Waals surface area (Å²) in [5.41, 5.74) is 0.639. The summed E-state index contributed by atoms with van der Waals surface area (Å²) in [5, 5.41) is 5.13. The van der Waals surface area contributed by atoms with Gasteiger partial charge in [-0.2, -0.15) is 0 Å². The first-order valence-electron chi connectivity index (χ1n) is 6.07. The molecule has 6 heteroatoms. The molecular weight excluding hydrogens is 290 g/mol. The van der Waals surface area contributed by atoms with E-state index in [1.54, 1.807) is 24.3 Å². The van der Waals surface area contributed by atoms with Crippen molar-refractivity contribution in [1.82, 2.24) is 0 Å². The van der Waals surface area contributed by atoms with Gasteiger partial charge in [0.25, 0.3) is 0 Å². The molecule has 0 unspecified atom stereocenters. The summed E-state index contributed by atoms with van der Waals surface area (Å²) in [7, 11) is 0. The van der Waals surface area contributed by atoms with Crippen molar-refractivity contribution >= 4 is 24.0 Å². The van der Waals surface area contributed by atoms with Crippen molar-refractivity contribution in [3.05, 3.63) is 59.7 Å². The van der Waals surface area contributed by atoms with Crippen molar-refractivity contribution in [3.63, 3.8) is 0 Å². The van der Waals surface area contributed by atoms with Gasteiger partial charge in [-0.15, -0.1) is 0 Å². The van der Waals surface area contributed by atoms with E-state index < -0.39 is 5.97 Å². The average molecular weight is 303 g/mol. The van der Waals surface area contributed by atoms with E-state index in [0.717, 1.165) is 0 Å². The number of carbonyl (C=O) groups excluding carboxylic acids is 2. The second kappa shape index (κ2) is 6.92. The Kier molecular flexibility index (Phi) is 4.97. The van der Waals surface area contributed by atoms with Crippen LogP contribution in [-0.4, -0.2) is 11.8 Å².